The van der Waals surface area contributed by atoms with Crippen molar-refractivity contribution in [1.82, 2.24) is 4.98 Å². The van der Waals surface area contributed by atoms with Crippen molar-refractivity contribution >= 4 is 34.4 Å². The van der Waals surface area contributed by atoms with E-state index < -0.39 is 5.97 Å². The minimum absolute atomic E-state index is 0.0170. The van der Waals surface area contributed by atoms with Crippen LogP contribution in [0.15, 0.2) is 40.4 Å². The summed E-state index contributed by atoms with van der Waals surface area (Å²) < 4.78 is 15.4. The smallest absolute Gasteiger partial charge is 0.312 e. The summed E-state index contributed by atoms with van der Waals surface area (Å²) in [6, 6.07) is 6.86. The molecule has 3 aromatic rings. The fourth-order valence-corrected chi connectivity index (χ4v) is 3.89. The van der Waals surface area contributed by atoms with Crippen LogP contribution in [0.25, 0.3) is 10.6 Å². The van der Waals surface area contributed by atoms with Gasteiger partial charge in [-0.2, -0.15) is 11.3 Å². The van der Waals surface area contributed by atoms with E-state index in [9.17, 15) is 9.59 Å². The summed E-state index contributed by atoms with van der Waals surface area (Å²) in [4.78, 5) is 28.9. The lowest BCUT2D eigenvalue weighted by molar-refractivity contribution is -0.141. The minimum Gasteiger partial charge on any atom is -0.497 e. The first-order valence-corrected chi connectivity index (χ1v) is 9.80. The molecule has 0 spiro atoms. The van der Waals surface area contributed by atoms with Gasteiger partial charge in [-0.3, -0.25) is 9.59 Å². The molecule has 0 bridgehead atoms. The average molecular weight is 403 g/mol. The number of ether oxygens (including phenoxy) is 3. The maximum atomic E-state index is 12.4. The quantitative estimate of drug-likeness (QED) is 0.420. The van der Waals surface area contributed by atoms with Crippen LogP contribution in [0.5, 0.6) is 11.5 Å². The van der Waals surface area contributed by atoms with Crippen LogP contribution in [0.4, 0.5) is 0 Å². The van der Waals surface area contributed by atoms with E-state index in [1.807, 2.05) is 22.2 Å². The van der Waals surface area contributed by atoms with Crippen LogP contribution < -0.4 is 9.47 Å². The number of rotatable bonds is 8. The highest BCUT2D eigenvalue weighted by atomic mass is 32.1. The molecule has 0 aliphatic carbocycles. The standard InChI is InChI=1S/C19H17NO5S2/c1-23-14-3-4-17(24-2)15(8-14)16(21)9-25-18(22)7-13-11-27-19(20-13)12-5-6-26-10-12/h3-6,8,10-11H,7,9H2,1-2H3. The Bertz CT molecular complexity index is 933. The number of aromatic nitrogens is 1. The van der Waals surface area contributed by atoms with Crippen LogP contribution in [0.2, 0.25) is 0 Å². The molecule has 8 heteroatoms. The minimum atomic E-state index is -0.507. The number of thiazole rings is 1. The van der Waals surface area contributed by atoms with E-state index >= 15 is 0 Å². The highest BCUT2D eigenvalue weighted by Gasteiger charge is 2.17. The molecule has 1 aromatic carbocycles. The molecule has 140 valence electrons. The van der Waals surface area contributed by atoms with E-state index in [2.05, 4.69) is 4.98 Å². The van der Waals surface area contributed by atoms with Gasteiger partial charge in [-0.05, 0) is 29.6 Å². The molecule has 2 aromatic heterocycles. The highest BCUT2D eigenvalue weighted by molar-refractivity contribution is 7.14. The summed E-state index contributed by atoms with van der Waals surface area (Å²) >= 11 is 3.06. The fraction of sp³-hybridized carbons (Fsp3) is 0.211. The number of thiophene rings is 1. The molecule has 0 saturated heterocycles. The van der Waals surface area contributed by atoms with Crippen LogP contribution >= 0.6 is 22.7 Å². The third kappa shape index (κ3) is 4.72. The van der Waals surface area contributed by atoms with Gasteiger partial charge >= 0.3 is 5.97 Å². The van der Waals surface area contributed by atoms with E-state index in [1.54, 1.807) is 29.5 Å². The first kappa shape index (κ1) is 19.1. The van der Waals surface area contributed by atoms with Crippen molar-refractivity contribution in [2.24, 2.45) is 0 Å². The molecular formula is C19H17NO5S2. The molecule has 6 nitrogen and oxygen atoms in total. The summed E-state index contributed by atoms with van der Waals surface area (Å²) in [6.45, 7) is -0.371. The molecule has 0 unspecified atom stereocenters. The normalized spacial score (nSPS) is 10.4. The molecule has 0 aliphatic heterocycles. The number of hydrogen-bond acceptors (Lipinski definition) is 8. The summed E-state index contributed by atoms with van der Waals surface area (Å²) in [5.41, 5.74) is 1.96. The Labute approximate surface area is 164 Å². The zero-order chi connectivity index (χ0) is 19.2. The van der Waals surface area contributed by atoms with Crippen molar-refractivity contribution in [2.75, 3.05) is 20.8 Å². The zero-order valence-corrected chi connectivity index (χ0v) is 16.4. The van der Waals surface area contributed by atoms with E-state index in [0.29, 0.717) is 22.8 Å². The largest absolute Gasteiger partial charge is 0.497 e. The number of Topliss-reactive ketones (excluding diaryl/α,β-unsaturated/α-hetero) is 1. The highest BCUT2D eigenvalue weighted by Crippen LogP contribution is 2.26. The van der Waals surface area contributed by atoms with Gasteiger partial charge in [0, 0.05) is 16.3 Å². The maximum Gasteiger partial charge on any atom is 0.312 e. The van der Waals surface area contributed by atoms with Crippen molar-refractivity contribution in [3.63, 3.8) is 0 Å². The molecule has 0 saturated carbocycles. The Morgan fingerprint density at radius 3 is 2.67 bits per heavy atom. The molecule has 0 N–H and O–H groups in total. The van der Waals surface area contributed by atoms with Crippen LogP contribution in [0, 0.1) is 0 Å². The van der Waals surface area contributed by atoms with Crippen molar-refractivity contribution in [2.45, 2.75) is 6.42 Å². The number of nitrogens with zero attached hydrogens (tertiary/aromatic N) is 1. The van der Waals surface area contributed by atoms with E-state index in [1.165, 1.54) is 25.6 Å². The van der Waals surface area contributed by atoms with Gasteiger partial charge in [-0.25, -0.2) is 4.98 Å². The Morgan fingerprint density at radius 1 is 1.11 bits per heavy atom. The molecule has 0 atom stereocenters. The van der Waals surface area contributed by atoms with Gasteiger partial charge in [-0.1, -0.05) is 0 Å². The first-order valence-electron chi connectivity index (χ1n) is 7.98. The lowest BCUT2D eigenvalue weighted by atomic mass is 10.1. The number of ketones is 1. The van der Waals surface area contributed by atoms with Gasteiger partial charge < -0.3 is 14.2 Å². The molecule has 2 heterocycles. The Balaban J connectivity index is 1.58. The van der Waals surface area contributed by atoms with Gasteiger partial charge in [0.2, 0.25) is 5.78 Å². The monoisotopic (exact) mass is 403 g/mol. The lowest BCUT2D eigenvalue weighted by Gasteiger charge is -2.10. The molecular weight excluding hydrogens is 386 g/mol. The predicted octanol–water partition coefficient (Wildman–Crippen LogP) is 3.86. The topological polar surface area (TPSA) is 74.7 Å². The van der Waals surface area contributed by atoms with Gasteiger partial charge in [0.25, 0.3) is 0 Å². The van der Waals surface area contributed by atoms with Crippen molar-refractivity contribution in [3.05, 3.63) is 51.7 Å². The van der Waals surface area contributed by atoms with E-state index in [0.717, 1.165) is 10.6 Å². The van der Waals surface area contributed by atoms with E-state index in [4.69, 9.17) is 14.2 Å². The Morgan fingerprint density at radius 2 is 1.96 bits per heavy atom. The van der Waals surface area contributed by atoms with Crippen LogP contribution in [-0.2, 0) is 16.0 Å². The van der Waals surface area contributed by atoms with Crippen LogP contribution in [0.1, 0.15) is 16.1 Å². The lowest BCUT2D eigenvalue weighted by Crippen LogP contribution is -2.16. The molecule has 0 fully saturated rings. The molecule has 0 aliphatic rings. The zero-order valence-electron chi connectivity index (χ0n) is 14.8. The summed E-state index contributed by atoms with van der Waals surface area (Å²) in [5, 5.41) is 6.65. The second-order valence-corrected chi connectivity index (χ2v) is 7.12. The van der Waals surface area contributed by atoms with E-state index in [-0.39, 0.29) is 18.8 Å². The van der Waals surface area contributed by atoms with Crippen molar-refractivity contribution in [3.8, 4) is 22.1 Å². The second kappa shape index (κ2) is 8.79. The number of hydrogen-bond donors (Lipinski definition) is 0. The summed E-state index contributed by atoms with van der Waals surface area (Å²) in [7, 11) is 2.98. The Kier molecular flexibility index (Phi) is 6.20. The van der Waals surface area contributed by atoms with Crippen molar-refractivity contribution < 1.29 is 23.8 Å². The number of carbonyl (C=O) groups excluding carboxylic acids is 2. The first-order chi connectivity index (χ1) is 13.1. The van der Waals surface area contributed by atoms with Gasteiger partial charge in [0.05, 0.1) is 31.9 Å². The maximum absolute atomic E-state index is 12.4. The van der Waals surface area contributed by atoms with Gasteiger partial charge in [0.1, 0.15) is 16.5 Å². The number of benzene rings is 1. The Hall–Kier alpha value is -2.71. The average Bonchev–Trinajstić information content (AvgIpc) is 3.37. The van der Waals surface area contributed by atoms with Crippen LogP contribution in [-0.4, -0.2) is 37.6 Å². The third-order valence-electron chi connectivity index (χ3n) is 3.72. The third-order valence-corrected chi connectivity index (χ3v) is 5.34. The molecule has 27 heavy (non-hydrogen) atoms. The molecule has 0 radical (unpaired) electrons. The van der Waals surface area contributed by atoms with Gasteiger partial charge in [0.15, 0.2) is 6.61 Å². The predicted molar refractivity (Wildman–Crippen MR) is 104 cm³/mol. The number of methoxy groups -OCH3 is 2. The number of carbonyl (C=O) groups is 2. The SMILES string of the molecule is COc1ccc(OC)c(C(=O)COC(=O)Cc2csc(-c3ccsc3)n2)c1. The summed E-state index contributed by atoms with van der Waals surface area (Å²) in [5.74, 6) is 0.0504. The molecule has 0 amide bonds. The van der Waals surface area contributed by atoms with Crippen LogP contribution in [0.3, 0.4) is 0 Å². The fourth-order valence-electron chi connectivity index (χ4n) is 2.36. The summed E-state index contributed by atoms with van der Waals surface area (Å²) in [6.07, 6.45) is 0.0170. The molecule has 3 rings (SSSR count). The van der Waals surface area contributed by atoms with Gasteiger partial charge in [-0.15, -0.1) is 11.3 Å². The number of esters is 1. The second-order valence-electron chi connectivity index (χ2n) is 5.48. The van der Waals surface area contributed by atoms with Crippen molar-refractivity contribution in [1.29, 1.82) is 0 Å².